The van der Waals surface area contributed by atoms with Crippen LogP contribution in [0.25, 0.3) is 10.6 Å². The molecule has 156 valence electrons. The van der Waals surface area contributed by atoms with Gasteiger partial charge in [-0.15, -0.1) is 11.3 Å². The Kier molecular flexibility index (Phi) is 8.14. The van der Waals surface area contributed by atoms with Crippen molar-refractivity contribution in [1.82, 2.24) is 15.6 Å². The molecule has 9 heteroatoms. The third-order valence-corrected chi connectivity index (χ3v) is 5.26. The molecule has 29 heavy (non-hydrogen) atoms. The Labute approximate surface area is 173 Å². The zero-order chi connectivity index (χ0) is 21.4. The number of aromatic nitrogens is 1. The number of rotatable bonds is 10. The van der Waals surface area contributed by atoms with Crippen molar-refractivity contribution in [2.45, 2.75) is 45.1 Å². The normalized spacial score (nSPS) is 11.8. The summed E-state index contributed by atoms with van der Waals surface area (Å²) in [5.41, 5.74) is 7.78. The number of hydrogen-bond acceptors (Lipinski definition) is 5. The fourth-order valence-electron chi connectivity index (χ4n) is 2.72. The van der Waals surface area contributed by atoms with Gasteiger partial charge in [0.2, 0.25) is 5.91 Å². The van der Waals surface area contributed by atoms with E-state index in [-0.39, 0.29) is 19.4 Å². The average Bonchev–Trinajstić information content (AvgIpc) is 3.12. The number of hydrogen-bond donors (Lipinski definition) is 4. The van der Waals surface area contributed by atoms with Crippen molar-refractivity contribution in [2.75, 3.05) is 6.54 Å². The summed E-state index contributed by atoms with van der Waals surface area (Å²) in [6.07, 6.45) is 0.573. The molecule has 1 aromatic heterocycles. The third-order valence-electron chi connectivity index (χ3n) is 4.32. The first-order valence-electron chi connectivity index (χ1n) is 9.36. The van der Waals surface area contributed by atoms with Gasteiger partial charge in [0.1, 0.15) is 11.0 Å². The minimum atomic E-state index is -1.12. The van der Waals surface area contributed by atoms with E-state index in [0.29, 0.717) is 18.0 Å². The Morgan fingerprint density at radius 2 is 1.90 bits per heavy atom. The number of carbonyl (C=O) groups is 3. The summed E-state index contributed by atoms with van der Waals surface area (Å²) in [5, 5.41) is 16.8. The number of thiazole rings is 1. The number of nitrogens with zero attached hydrogens (tertiary/aromatic N) is 1. The highest BCUT2D eigenvalue weighted by Crippen LogP contribution is 2.26. The summed E-state index contributed by atoms with van der Waals surface area (Å²) in [6.45, 7) is 4.52. The number of nitrogens with one attached hydrogen (secondary N) is 2. The molecule has 1 unspecified atom stereocenters. The highest BCUT2D eigenvalue weighted by atomic mass is 32.1. The van der Waals surface area contributed by atoms with Gasteiger partial charge in [-0.05, 0) is 24.3 Å². The van der Waals surface area contributed by atoms with Crippen LogP contribution in [-0.4, -0.2) is 40.6 Å². The fraction of sp³-hybridized carbons (Fsp3) is 0.400. The molecule has 2 rings (SSSR count). The molecule has 8 nitrogen and oxygen atoms in total. The van der Waals surface area contributed by atoms with Gasteiger partial charge in [0.25, 0.3) is 0 Å². The van der Waals surface area contributed by atoms with E-state index in [1.807, 2.05) is 12.1 Å². The molecule has 0 aliphatic carbocycles. The SMILES string of the molecule is CC(C)c1ccc(-c2nc(CC(=O)NC(CCCNC(N)=O)C(=O)O)cs2)cc1. The molecule has 0 aliphatic rings. The second kappa shape index (κ2) is 10.6. The maximum absolute atomic E-state index is 12.2. The van der Waals surface area contributed by atoms with E-state index in [4.69, 9.17) is 5.73 Å². The predicted octanol–water partition coefficient (Wildman–Crippen LogP) is 2.49. The van der Waals surface area contributed by atoms with E-state index < -0.39 is 23.9 Å². The van der Waals surface area contributed by atoms with Gasteiger partial charge in [0.05, 0.1) is 12.1 Å². The van der Waals surface area contributed by atoms with Gasteiger partial charge in [-0.3, -0.25) is 4.79 Å². The monoisotopic (exact) mass is 418 g/mol. The smallest absolute Gasteiger partial charge is 0.326 e. The molecule has 5 N–H and O–H groups in total. The largest absolute Gasteiger partial charge is 0.480 e. The van der Waals surface area contributed by atoms with Crippen molar-refractivity contribution < 1.29 is 19.5 Å². The van der Waals surface area contributed by atoms with Gasteiger partial charge >= 0.3 is 12.0 Å². The zero-order valence-electron chi connectivity index (χ0n) is 16.5. The van der Waals surface area contributed by atoms with Crippen molar-refractivity contribution in [2.24, 2.45) is 5.73 Å². The van der Waals surface area contributed by atoms with Gasteiger partial charge in [0, 0.05) is 17.5 Å². The summed E-state index contributed by atoms with van der Waals surface area (Å²) >= 11 is 1.44. The molecule has 1 atom stereocenters. The van der Waals surface area contributed by atoms with Crippen LogP contribution in [0.2, 0.25) is 0 Å². The number of nitrogens with two attached hydrogens (primary N) is 1. The average molecular weight is 419 g/mol. The lowest BCUT2D eigenvalue weighted by atomic mass is 10.0. The first-order valence-corrected chi connectivity index (χ1v) is 10.2. The number of urea groups is 1. The molecule has 2 aromatic rings. The van der Waals surface area contributed by atoms with E-state index in [9.17, 15) is 19.5 Å². The predicted molar refractivity (Wildman–Crippen MR) is 112 cm³/mol. The van der Waals surface area contributed by atoms with Gasteiger partial charge in [-0.2, -0.15) is 0 Å². The second-order valence-electron chi connectivity index (χ2n) is 6.99. The van der Waals surface area contributed by atoms with Crippen LogP contribution in [-0.2, 0) is 16.0 Å². The highest BCUT2D eigenvalue weighted by Gasteiger charge is 2.20. The first kappa shape index (κ1) is 22.4. The van der Waals surface area contributed by atoms with Crippen LogP contribution in [0.3, 0.4) is 0 Å². The summed E-state index contributed by atoms with van der Waals surface area (Å²) in [6, 6.07) is 6.46. The van der Waals surface area contributed by atoms with Crippen LogP contribution in [0.5, 0.6) is 0 Å². The molecule has 0 radical (unpaired) electrons. The van der Waals surface area contributed by atoms with E-state index >= 15 is 0 Å². The van der Waals surface area contributed by atoms with Crippen molar-refractivity contribution in [3.63, 3.8) is 0 Å². The third kappa shape index (κ3) is 7.19. The van der Waals surface area contributed by atoms with E-state index in [1.54, 1.807) is 5.38 Å². The summed E-state index contributed by atoms with van der Waals surface area (Å²) in [5.74, 6) is -1.08. The molecular formula is C20H26N4O4S. The lowest BCUT2D eigenvalue weighted by molar-refractivity contribution is -0.141. The summed E-state index contributed by atoms with van der Waals surface area (Å²) in [7, 11) is 0. The van der Waals surface area contributed by atoms with Crippen LogP contribution in [0, 0.1) is 0 Å². The lowest BCUT2D eigenvalue weighted by Gasteiger charge is -2.14. The van der Waals surface area contributed by atoms with Crippen LogP contribution in [0.4, 0.5) is 4.79 Å². The molecule has 1 aromatic carbocycles. The Morgan fingerprint density at radius 3 is 2.48 bits per heavy atom. The maximum atomic E-state index is 12.2. The topological polar surface area (TPSA) is 134 Å². The fourth-order valence-corrected chi connectivity index (χ4v) is 3.54. The first-order chi connectivity index (χ1) is 13.8. The van der Waals surface area contributed by atoms with E-state index in [0.717, 1.165) is 10.6 Å². The van der Waals surface area contributed by atoms with Crippen LogP contribution >= 0.6 is 11.3 Å². The Bertz CT molecular complexity index is 848. The number of benzene rings is 1. The molecule has 0 saturated heterocycles. The van der Waals surface area contributed by atoms with Gasteiger partial charge < -0.3 is 21.5 Å². The van der Waals surface area contributed by atoms with Crippen molar-refractivity contribution >= 4 is 29.2 Å². The van der Waals surface area contributed by atoms with Crippen molar-refractivity contribution in [3.05, 3.63) is 40.9 Å². The maximum Gasteiger partial charge on any atom is 0.326 e. The Balaban J connectivity index is 1.91. The molecule has 0 spiro atoms. The molecule has 0 fully saturated rings. The van der Waals surface area contributed by atoms with E-state index in [2.05, 4.69) is 41.6 Å². The van der Waals surface area contributed by atoms with Crippen LogP contribution in [0.15, 0.2) is 29.6 Å². The molecule has 0 saturated carbocycles. The second-order valence-corrected chi connectivity index (χ2v) is 7.85. The number of carboxylic acid groups (broad SMARTS) is 1. The summed E-state index contributed by atoms with van der Waals surface area (Å²) < 4.78 is 0. The van der Waals surface area contributed by atoms with Crippen LogP contribution in [0.1, 0.15) is 43.9 Å². The Hall–Kier alpha value is -2.94. The molecule has 0 aliphatic heterocycles. The number of carboxylic acids is 1. The zero-order valence-corrected chi connectivity index (χ0v) is 17.3. The lowest BCUT2D eigenvalue weighted by Crippen LogP contribution is -2.42. The number of aliphatic carboxylic acids is 1. The number of primary amides is 1. The summed E-state index contributed by atoms with van der Waals surface area (Å²) in [4.78, 5) is 38.7. The van der Waals surface area contributed by atoms with E-state index in [1.165, 1.54) is 16.9 Å². The molecule has 1 heterocycles. The molecule has 3 amide bonds. The Morgan fingerprint density at radius 1 is 1.21 bits per heavy atom. The minimum Gasteiger partial charge on any atom is -0.480 e. The highest BCUT2D eigenvalue weighted by molar-refractivity contribution is 7.13. The quantitative estimate of drug-likeness (QED) is 0.440. The molecule has 0 bridgehead atoms. The number of carbonyl (C=O) groups excluding carboxylic acids is 2. The molecular weight excluding hydrogens is 392 g/mol. The minimum absolute atomic E-state index is 0.00386. The number of amides is 3. The van der Waals surface area contributed by atoms with Crippen molar-refractivity contribution in [1.29, 1.82) is 0 Å². The van der Waals surface area contributed by atoms with Gasteiger partial charge in [0.15, 0.2) is 0 Å². The standard InChI is InChI=1S/C20H26N4O4S/c1-12(2)13-5-7-14(8-6-13)18-23-15(11-29-18)10-17(25)24-16(19(26)27)4-3-9-22-20(21)28/h5-8,11-12,16H,3-4,9-10H2,1-2H3,(H,24,25)(H,26,27)(H3,21,22,28). The van der Waals surface area contributed by atoms with Gasteiger partial charge in [-0.25, -0.2) is 14.6 Å². The van der Waals surface area contributed by atoms with Gasteiger partial charge in [-0.1, -0.05) is 38.1 Å². The van der Waals surface area contributed by atoms with Crippen LogP contribution < -0.4 is 16.4 Å². The van der Waals surface area contributed by atoms with Crippen molar-refractivity contribution in [3.8, 4) is 10.6 Å².